The smallest absolute Gasteiger partial charge is 0.0598 e. The second-order valence-corrected chi connectivity index (χ2v) is 6.42. The zero-order valence-electron chi connectivity index (χ0n) is 11.6. The molecule has 0 radical (unpaired) electrons. The van der Waals surface area contributed by atoms with E-state index in [9.17, 15) is 0 Å². The summed E-state index contributed by atoms with van der Waals surface area (Å²) < 4.78 is 5.68. The molecule has 0 atom stereocenters. The van der Waals surface area contributed by atoms with E-state index in [0.29, 0.717) is 5.41 Å². The Morgan fingerprint density at radius 1 is 1.07 bits per heavy atom. The molecule has 0 aromatic carbocycles. The lowest BCUT2D eigenvalue weighted by atomic mass is 9.93. The second kappa shape index (κ2) is 5.69. The van der Waals surface area contributed by atoms with Gasteiger partial charge in [0, 0.05) is 6.61 Å². The van der Waals surface area contributed by atoms with Crippen LogP contribution in [-0.2, 0) is 4.74 Å². The predicted octanol–water partition coefficient (Wildman–Crippen LogP) is 4.57. The molecule has 1 nitrogen and oxygen atoms in total. The summed E-state index contributed by atoms with van der Waals surface area (Å²) in [5.74, 6) is 0. The van der Waals surface area contributed by atoms with E-state index in [1.54, 1.807) is 0 Å². The Morgan fingerprint density at radius 3 is 2.00 bits per heavy atom. The maximum atomic E-state index is 5.68. The van der Waals surface area contributed by atoms with Crippen LogP contribution in [0.3, 0.4) is 0 Å². The van der Waals surface area contributed by atoms with Crippen molar-refractivity contribution in [3.05, 3.63) is 11.6 Å². The van der Waals surface area contributed by atoms with Crippen molar-refractivity contribution in [2.45, 2.75) is 66.9 Å². The van der Waals surface area contributed by atoms with Crippen molar-refractivity contribution in [1.29, 1.82) is 0 Å². The van der Waals surface area contributed by atoms with Gasteiger partial charge in [0.05, 0.1) is 5.60 Å². The lowest BCUT2D eigenvalue weighted by molar-refractivity contribution is -0.00386. The first kappa shape index (κ1) is 14.7. The predicted molar refractivity (Wildman–Crippen MR) is 68.2 cm³/mol. The van der Waals surface area contributed by atoms with Crippen molar-refractivity contribution in [2.24, 2.45) is 5.41 Å². The monoisotopic (exact) mass is 212 g/mol. The first-order valence-electron chi connectivity index (χ1n) is 5.92. The third kappa shape index (κ3) is 11.6. The highest BCUT2D eigenvalue weighted by Crippen LogP contribution is 2.19. The summed E-state index contributed by atoms with van der Waals surface area (Å²) in [7, 11) is 0. The molecule has 0 aliphatic rings. The zero-order valence-corrected chi connectivity index (χ0v) is 11.6. The molecule has 0 rings (SSSR count). The molecule has 15 heavy (non-hydrogen) atoms. The molecule has 0 N–H and O–H groups in total. The van der Waals surface area contributed by atoms with Gasteiger partial charge < -0.3 is 4.74 Å². The normalized spacial score (nSPS) is 14.5. The van der Waals surface area contributed by atoms with Crippen LogP contribution in [0, 0.1) is 5.41 Å². The van der Waals surface area contributed by atoms with E-state index in [1.807, 2.05) is 0 Å². The first-order chi connectivity index (χ1) is 6.60. The minimum atomic E-state index is 0.00163. The Labute approximate surface area is 95.9 Å². The van der Waals surface area contributed by atoms with Gasteiger partial charge in [-0.1, -0.05) is 32.4 Å². The van der Waals surface area contributed by atoms with E-state index in [4.69, 9.17) is 4.74 Å². The van der Waals surface area contributed by atoms with Crippen LogP contribution in [0.4, 0.5) is 0 Å². The molecule has 90 valence electrons. The molecule has 0 aromatic heterocycles. The molecule has 0 aromatic rings. The molecule has 0 aliphatic carbocycles. The molecular weight excluding hydrogens is 184 g/mol. The quantitative estimate of drug-likeness (QED) is 0.490. The number of ether oxygens (including phenoxy) is 1. The highest BCUT2D eigenvalue weighted by molar-refractivity contribution is 5.03. The first-order valence-corrected chi connectivity index (χ1v) is 5.92. The van der Waals surface area contributed by atoms with Crippen LogP contribution in [0.15, 0.2) is 11.6 Å². The standard InChI is InChI=1S/C14H28O/c1-12(11-13(2,3)4)9-8-10-15-14(5,6)7/h11H,8-10H2,1-7H3/b12-11-. The van der Waals surface area contributed by atoms with Crippen LogP contribution in [-0.4, -0.2) is 12.2 Å². The molecule has 0 unspecified atom stereocenters. The SMILES string of the molecule is C/C(=C/C(C)(C)C)CCCOC(C)(C)C. The van der Waals surface area contributed by atoms with Crippen LogP contribution < -0.4 is 0 Å². The summed E-state index contributed by atoms with van der Waals surface area (Å²) >= 11 is 0. The third-order valence-corrected chi connectivity index (χ3v) is 1.93. The van der Waals surface area contributed by atoms with Gasteiger partial charge in [0.25, 0.3) is 0 Å². The minimum Gasteiger partial charge on any atom is -0.376 e. The Morgan fingerprint density at radius 2 is 1.60 bits per heavy atom. The van der Waals surface area contributed by atoms with E-state index in [2.05, 4.69) is 54.5 Å². The fourth-order valence-corrected chi connectivity index (χ4v) is 1.54. The van der Waals surface area contributed by atoms with E-state index < -0.39 is 0 Å². The number of hydrogen-bond donors (Lipinski definition) is 0. The fourth-order valence-electron chi connectivity index (χ4n) is 1.54. The largest absolute Gasteiger partial charge is 0.376 e. The molecule has 1 heteroatoms. The number of allylic oxidation sites excluding steroid dienone is 2. The van der Waals surface area contributed by atoms with Crippen molar-refractivity contribution in [1.82, 2.24) is 0 Å². The second-order valence-electron chi connectivity index (χ2n) is 6.42. The van der Waals surface area contributed by atoms with Gasteiger partial charge >= 0.3 is 0 Å². The van der Waals surface area contributed by atoms with Crippen LogP contribution in [0.25, 0.3) is 0 Å². The van der Waals surface area contributed by atoms with Gasteiger partial charge in [-0.05, 0) is 46.0 Å². The highest BCUT2D eigenvalue weighted by atomic mass is 16.5. The average molecular weight is 212 g/mol. The van der Waals surface area contributed by atoms with Gasteiger partial charge in [0.1, 0.15) is 0 Å². The summed E-state index contributed by atoms with van der Waals surface area (Å²) in [5.41, 5.74) is 1.77. The van der Waals surface area contributed by atoms with E-state index in [-0.39, 0.29) is 5.60 Å². The Kier molecular flexibility index (Phi) is 5.58. The van der Waals surface area contributed by atoms with Crippen molar-refractivity contribution < 1.29 is 4.74 Å². The fraction of sp³-hybridized carbons (Fsp3) is 0.857. The number of hydrogen-bond acceptors (Lipinski definition) is 1. The molecular formula is C14H28O. The molecule has 0 heterocycles. The maximum absolute atomic E-state index is 5.68. The zero-order chi connectivity index (χ0) is 12.1. The minimum absolute atomic E-state index is 0.00163. The van der Waals surface area contributed by atoms with E-state index >= 15 is 0 Å². The highest BCUT2D eigenvalue weighted by Gasteiger charge is 2.09. The van der Waals surface area contributed by atoms with Gasteiger partial charge in [-0.15, -0.1) is 0 Å². The number of rotatable bonds is 4. The average Bonchev–Trinajstić information content (AvgIpc) is 1.92. The summed E-state index contributed by atoms with van der Waals surface area (Å²) in [6, 6.07) is 0. The summed E-state index contributed by atoms with van der Waals surface area (Å²) in [4.78, 5) is 0. The van der Waals surface area contributed by atoms with Gasteiger partial charge in [-0.2, -0.15) is 0 Å². The summed E-state index contributed by atoms with van der Waals surface area (Å²) in [5, 5.41) is 0. The summed E-state index contributed by atoms with van der Waals surface area (Å²) in [6.07, 6.45) is 4.62. The van der Waals surface area contributed by atoms with E-state index in [1.165, 1.54) is 5.57 Å². The Hall–Kier alpha value is -0.300. The molecule has 0 bridgehead atoms. The van der Waals surface area contributed by atoms with Crippen LogP contribution in [0.5, 0.6) is 0 Å². The van der Waals surface area contributed by atoms with Gasteiger partial charge in [-0.3, -0.25) is 0 Å². The Balaban J connectivity index is 3.74. The lowest BCUT2D eigenvalue weighted by Gasteiger charge is -2.19. The van der Waals surface area contributed by atoms with Gasteiger partial charge in [0.2, 0.25) is 0 Å². The van der Waals surface area contributed by atoms with Crippen molar-refractivity contribution in [3.63, 3.8) is 0 Å². The molecule has 0 fully saturated rings. The van der Waals surface area contributed by atoms with Crippen LogP contribution >= 0.6 is 0 Å². The summed E-state index contributed by atoms with van der Waals surface area (Å²) in [6.45, 7) is 16.1. The van der Waals surface area contributed by atoms with Crippen molar-refractivity contribution in [2.75, 3.05) is 6.61 Å². The van der Waals surface area contributed by atoms with Crippen molar-refractivity contribution >= 4 is 0 Å². The van der Waals surface area contributed by atoms with Gasteiger partial charge in [0.15, 0.2) is 0 Å². The van der Waals surface area contributed by atoms with Crippen LogP contribution in [0.2, 0.25) is 0 Å². The third-order valence-electron chi connectivity index (χ3n) is 1.93. The van der Waals surface area contributed by atoms with E-state index in [0.717, 1.165) is 19.4 Å². The maximum Gasteiger partial charge on any atom is 0.0598 e. The molecule has 0 amide bonds. The van der Waals surface area contributed by atoms with Gasteiger partial charge in [-0.25, -0.2) is 0 Å². The molecule has 0 saturated heterocycles. The topological polar surface area (TPSA) is 9.23 Å². The molecule has 0 saturated carbocycles. The molecule has 0 aliphatic heterocycles. The lowest BCUT2D eigenvalue weighted by Crippen LogP contribution is -2.19. The molecule has 0 spiro atoms. The Bertz CT molecular complexity index is 200. The van der Waals surface area contributed by atoms with Crippen molar-refractivity contribution in [3.8, 4) is 0 Å². The van der Waals surface area contributed by atoms with Crippen LogP contribution in [0.1, 0.15) is 61.3 Å².